The lowest BCUT2D eigenvalue weighted by Gasteiger charge is -2.19. The largest absolute Gasteiger partial charge is 0.444 e. The van der Waals surface area contributed by atoms with Crippen LogP contribution in [0.15, 0.2) is 12.1 Å². The Balaban J connectivity index is 2.58. The highest BCUT2D eigenvalue weighted by Gasteiger charge is 2.15. The van der Waals surface area contributed by atoms with E-state index in [1.54, 1.807) is 32.9 Å². The summed E-state index contributed by atoms with van der Waals surface area (Å²) in [7, 11) is 0. The van der Waals surface area contributed by atoms with Crippen molar-refractivity contribution in [2.75, 3.05) is 6.54 Å². The molecule has 0 aliphatic heterocycles. The van der Waals surface area contributed by atoms with Crippen molar-refractivity contribution >= 4 is 40.9 Å². The molecule has 0 fully saturated rings. The van der Waals surface area contributed by atoms with E-state index in [4.69, 9.17) is 39.5 Å². The third-order valence-corrected chi connectivity index (χ3v) is 3.13. The summed E-state index contributed by atoms with van der Waals surface area (Å²) < 4.78 is 5.07. The molecule has 20 heavy (non-hydrogen) atoms. The molecule has 0 unspecified atom stereocenters. The van der Waals surface area contributed by atoms with Gasteiger partial charge in [0.05, 0.1) is 21.6 Å². The predicted octanol–water partition coefficient (Wildman–Crippen LogP) is 4.52. The lowest BCUT2D eigenvalue weighted by molar-refractivity contribution is 0.0535. The van der Waals surface area contributed by atoms with E-state index < -0.39 is 11.7 Å². The Labute approximate surface area is 133 Å². The number of carbonyl (C=O) groups excluding carboxylic acids is 1. The predicted molar refractivity (Wildman–Crippen MR) is 82.6 cm³/mol. The van der Waals surface area contributed by atoms with Crippen LogP contribution in [0.2, 0.25) is 15.1 Å². The Morgan fingerprint density at radius 2 is 1.80 bits per heavy atom. The molecule has 0 heterocycles. The Bertz CT molecular complexity index is 545. The van der Waals surface area contributed by atoms with Crippen LogP contribution in [0.25, 0.3) is 0 Å². The van der Waals surface area contributed by atoms with E-state index in [-0.39, 0.29) is 6.54 Å². The highest BCUT2D eigenvalue weighted by molar-refractivity contribution is 6.48. The van der Waals surface area contributed by atoms with Gasteiger partial charge in [0.15, 0.2) is 0 Å². The number of alkyl carbamates (subject to hydrolysis) is 1. The van der Waals surface area contributed by atoms with Gasteiger partial charge in [-0.1, -0.05) is 46.6 Å². The van der Waals surface area contributed by atoms with Crippen LogP contribution in [0, 0.1) is 11.8 Å². The standard InChI is InChI=1S/C14H14Cl3NO2/c1-14(2,3)20-13(19)18-6-4-5-9-7-10(15)12(17)11(16)8-9/h7-8H,6H2,1-3H3,(H,18,19). The maximum absolute atomic E-state index is 11.4. The average Bonchev–Trinajstić information content (AvgIpc) is 2.29. The first-order valence-electron chi connectivity index (χ1n) is 5.79. The van der Waals surface area contributed by atoms with Crippen LogP contribution in [-0.2, 0) is 4.74 Å². The van der Waals surface area contributed by atoms with Crippen molar-refractivity contribution in [3.05, 3.63) is 32.8 Å². The van der Waals surface area contributed by atoms with Gasteiger partial charge in [0.1, 0.15) is 5.60 Å². The normalized spacial score (nSPS) is 10.5. The van der Waals surface area contributed by atoms with Crippen molar-refractivity contribution in [3.63, 3.8) is 0 Å². The second-order valence-corrected chi connectivity index (χ2v) is 6.10. The Kier molecular flexibility index (Phi) is 6.01. The summed E-state index contributed by atoms with van der Waals surface area (Å²) in [5, 5.41) is 3.49. The van der Waals surface area contributed by atoms with Crippen molar-refractivity contribution in [1.82, 2.24) is 5.32 Å². The lowest BCUT2D eigenvalue weighted by Crippen LogP contribution is -2.32. The Morgan fingerprint density at radius 1 is 1.25 bits per heavy atom. The van der Waals surface area contributed by atoms with E-state index in [0.29, 0.717) is 20.6 Å². The van der Waals surface area contributed by atoms with Crippen molar-refractivity contribution < 1.29 is 9.53 Å². The van der Waals surface area contributed by atoms with Crippen LogP contribution < -0.4 is 5.32 Å². The van der Waals surface area contributed by atoms with E-state index >= 15 is 0 Å². The van der Waals surface area contributed by atoms with E-state index in [0.717, 1.165) is 0 Å². The molecule has 0 bridgehead atoms. The number of amides is 1. The third-order valence-electron chi connectivity index (χ3n) is 1.94. The summed E-state index contributed by atoms with van der Waals surface area (Å²) in [4.78, 5) is 11.4. The van der Waals surface area contributed by atoms with Crippen LogP contribution in [0.3, 0.4) is 0 Å². The van der Waals surface area contributed by atoms with Gasteiger partial charge >= 0.3 is 6.09 Å². The van der Waals surface area contributed by atoms with Crippen LogP contribution in [0.5, 0.6) is 0 Å². The molecule has 1 N–H and O–H groups in total. The first-order chi connectivity index (χ1) is 9.19. The van der Waals surface area contributed by atoms with E-state index in [1.165, 1.54) is 0 Å². The van der Waals surface area contributed by atoms with E-state index in [9.17, 15) is 4.79 Å². The van der Waals surface area contributed by atoms with Gasteiger partial charge in [-0.05, 0) is 32.9 Å². The minimum atomic E-state index is -0.533. The topological polar surface area (TPSA) is 38.3 Å². The van der Waals surface area contributed by atoms with Gasteiger partial charge in [0, 0.05) is 5.56 Å². The molecule has 0 atom stereocenters. The monoisotopic (exact) mass is 333 g/mol. The summed E-state index contributed by atoms with van der Waals surface area (Å²) in [6, 6.07) is 3.21. The van der Waals surface area contributed by atoms with Gasteiger partial charge < -0.3 is 10.1 Å². The van der Waals surface area contributed by atoms with Crippen molar-refractivity contribution in [1.29, 1.82) is 0 Å². The zero-order valence-electron chi connectivity index (χ0n) is 11.3. The molecule has 0 spiro atoms. The number of ether oxygens (including phenoxy) is 1. The number of rotatable bonds is 1. The molecule has 0 saturated heterocycles. The first-order valence-corrected chi connectivity index (χ1v) is 6.93. The average molecular weight is 335 g/mol. The molecule has 108 valence electrons. The van der Waals surface area contributed by atoms with Gasteiger partial charge in [0.2, 0.25) is 0 Å². The molecule has 0 aliphatic rings. The molecule has 1 rings (SSSR count). The fraction of sp³-hybridized carbons (Fsp3) is 0.357. The minimum Gasteiger partial charge on any atom is -0.444 e. The molecule has 6 heteroatoms. The molecule has 0 aliphatic carbocycles. The molecule has 3 nitrogen and oxygen atoms in total. The van der Waals surface area contributed by atoms with Crippen molar-refractivity contribution in [3.8, 4) is 11.8 Å². The minimum absolute atomic E-state index is 0.160. The van der Waals surface area contributed by atoms with Crippen LogP contribution >= 0.6 is 34.8 Å². The van der Waals surface area contributed by atoms with Gasteiger partial charge in [-0.25, -0.2) is 4.79 Å². The number of carbonyl (C=O) groups is 1. The fourth-order valence-electron chi connectivity index (χ4n) is 1.20. The van der Waals surface area contributed by atoms with Crippen LogP contribution in [0.1, 0.15) is 26.3 Å². The van der Waals surface area contributed by atoms with Crippen molar-refractivity contribution in [2.45, 2.75) is 26.4 Å². The lowest BCUT2D eigenvalue weighted by atomic mass is 10.2. The Hall–Kier alpha value is -1.08. The van der Waals surface area contributed by atoms with E-state index in [1.807, 2.05) is 0 Å². The molecular formula is C14H14Cl3NO2. The van der Waals surface area contributed by atoms with Crippen LogP contribution in [0.4, 0.5) is 4.79 Å². The second kappa shape index (κ2) is 7.08. The third kappa shape index (κ3) is 5.92. The SMILES string of the molecule is CC(C)(C)OC(=O)NCC#Cc1cc(Cl)c(Cl)c(Cl)c1. The zero-order chi connectivity index (χ0) is 15.3. The zero-order valence-corrected chi connectivity index (χ0v) is 13.6. The summed E-state index contributed by atoms with van der Waals surface area (Å²) in [5.41, 5.74) is 0.0877. The number of hydrogen-bond acceptors (Lipinski definition) is 2. The summed E-state index contributed by atoms with van der Waals surface area (Å²) >= 11 is 17.6. The quantitative estimate of drug-likeness (QED) is 0.605. The fourth-order valence-corrected chi connectivity index (χ4v) is 1.80. The molecule has 0 aromatic heterocycles. The summed E-state index contributed by atoms with van der Waals surface area (Å²) in [6.45, 7) is 5.52. The first kappa shape index (κ1) is 17.0. The number of halogens is 3. The van der Waals surface area contributed by atoms with Crippen molar-refractivity contribution in [2.24, 2.45) is 0 Å². The number of hydrogen-bond donors (Lipinski definition) is 1. The smallest absolute Gasteiger partial charge is 0.408 e. The number of benzene rings is 1. The van der Waals surface area contributed by atoms with Gasteiger partial charge in [-0.15, -0.1) is 0 Å². The highest BCUT2D eigenvalue weighted by atomic mass is 35.5. The maximum atomic E-state index is 11.4. The molecule has 0 saturated carbocycles. The molecule has 0 radical (unpaired) electrons. The van der Waals surface area contributed by atoms with Gasteiger partial charge in [-0.2, -0.15) is 0 Å². The second-order valence-electron chi connectivity index (χ2n) is 4.91. The summed E-state index contributed by atoms with van der Waals surface area (Å²) in [6.07, 6.45) is -0.515. The molecule has 1 amide bonds. The summed E-state index contributed by atoms with van der Waals surface area (Å²) in [5.74, 6) is 5.59. The molecule has 1 aromatic rings. The molecule has 1 aromatic carbocycles. The van der Waals surface area contributed by atoms with E-state index in [2.05, 4.69) is 17.2 Å². The maximum Gasteiger partial charge on any atom is 0.408 e. The van der Waals surface area contributed by atoms with Gasteiger partial charge in [-0.3, -0.25) is 0 Å². The highest BCUT2D eigenvalue weighted by Crippen LogP contribution is 2.30. The molecular weight excluding hydrogens is 321 g/mol. The Morgan fingerprint density at radius 3 is 2.30 bits per heavy atom. The van der Waals surface area contributed by atoms with Crippen LogP contribution in [-0.4, -0.2) is 18.2 Å². The van der Waals surface area contributed by atoms with Gasteiger partial charge in [0.25, 0.3) is 0 Å². The number of nitrogens with one attached hydrogen (secondary N) is 1.